The molecule has 0 aliphatic carbocycles. The van der Waals surface area contributed by atoms with Gasteiger partial charge in [-0.1, -0.05) is 36.4 Å². The zero-order valence-electron chi connectivity index (χ0n) is 14.0. The van der Waals surface area contributed by atoms with Gasteiger partial charge in [-0.2, -0.15) is 0 Å². The molecule has 2 nitrogen and oxygen atoms in total. The molecule has 4 heteroatoms. The minimum Gasteiger partial charge on any atom is -0.393 e. The third kappa shape index (κ3) is 8.56. The Morgan fingerprint density at radius 3 is 2.29 bits per heavy atom. The van der Waals surface area contributed by atoms with Gasteiger partial charge in [0.25, 0.3) is 0 Å². The zero-order chi connectivity index (χ0) is 17.8. The lowest BCUT2D eigenvalue weighted by Crippen LogP contribution is -2.23. The van der Waals surface area contributed by atoms with Crippen LogP contribution in [0.3, 0.4) is 0 Å². The van der Waals surface area contributed by atoms with Crippen molar-refractivity contribution in [1.82, 2.24) is 5.32 Å². The maximum Gasteiger partial charge on any atom is 0.123 e. The van der Waals surface area contributed by atoms with Crippen LogP contribution < -0.4 is 5.32 Å². The second-order valence-electron chi connectivity index (χ2n) is 5.49. The number of benzene rings is 2. The van der Waals surface area contributed by atoms with Crippen LogP contribution in [0.1, 0.15) is 31.4 Å². The fourth-order valence-corrected chi connectivity index (χ4v) is 2.09. The molecule has 2 atom stereocenters. The second-order valence-corrected chi connectivity index (χ2v) is 5.49. The molecule has 0 radical (unpaired) electrons. The summed E-state index contributed by atoms with van der Waals surface area (Å²) in [7, 11) is 0. The summed E-state index contributed by atoms with van der Waals surface area (Å²) >= 11 is 0. The van der Waals surface area contributed by atoms with Crippen molar-refractivity contribution in [1.29, 1.82) is 0 Å². The van der Waals surface area contributed by atoms with Crippen molar-refractivity contribution in [2.45, 2.75) is 31.9 Å². The molecule has 0 aromatic heterocycles. The highest BCUT2D eigenvalue weighted by Crippen LogP contribution is 2.13. The van der Waals surface area contributed by atoms with Gasteiger partial charge in [0.15, 0.2) is 0 Å². The summed E-state index contributed by atoms with van der Waals surface area (Å²) in [6.07, 6.45) is 2.64. The molecule has 2 aromatic carbocycles. The van der Waals surface area contributed by atoms with Gasteiger partial charge in [0.1, 0.15) is 11.6 Å². The average Bonchev–Trinajstić information content (AvgIpc) is 2.56. The molecule has 0 saturated carbocycles. The summed E-state index contributed by atoms with van der Waals surface area (Å²) in [5.41, 5.74) is 0.920. The Hall–Kier alpha value is -2.04. The van der Waals surface area contributed by atoms with Crippen molar-refractivity contribution in [2.24, 2.45) is 0 Å². The van der Waals surface area contributed by atoms with Gasteiger partial charge < -0.3 is 10.4 Å². The van der Waals surface area contributed by atoms with E-state index in [1.165, 1.54) is 24.3 Å². The van der Waals surface area contributed by atoms with Gasteiger partial charge in [-0.3, -0.25) is 0 Å². The Kier molecular flexibility index (Phi) is 9.58. The van der Waals surface area contributed by atoms with Crippen LogP contribution in [0.2, 0.25) is 0 Å². The van der Waals surface area contributed by atoms with Crippen molar-refractivity contribution in [3.8, 4) is 0 Å². The number of hydrogen-bond donors (Lipinski definition) is 2. The molecule has 2 rings (SSSR count). The summed E-state index contributed by atoms with van der Waals surface area (Å²) < 4.78 is 24.9. The highest BCUT2D eigenvalue weighted by Gasteiger charge is 2.07. The summed E-state index contributed by atoms with van der Waals surface area (Å²) in [5, 5.41) is 12.8. The van der Waals surface area contributed by atoms with E-state index in [-0.39, 0.29) is 23.8 Å². The lowest BCUT2D eigenvalue weighted by Gasteiger charge is -2.15. The monoisotopic (exact) mass is 333 g/mol. The van der Waals surface area contributed by atoms with Crippen LogP contribution in [-0.4, -0.2) is 17.8 Å². The third-order valence-corrected chi connectivity index (χ3v) is 3.45. The second kappa shape index (κ2) is 11.5. The molecule has 0 fully saturated rings. The van der Waals surface area contributed by atoms with Gasteiger partial charge in [-0.15, -0.1) is 6.58 Å². The number of halogens is 2. The van der Waals surface area contributed by atoms with Gasteiger partial charge in [0.2, 0.25) is 0 Å². The van der Waals surface area contributed by atoms with Gasteiger partial charge >= 0.3 is 0 Å². The largest absolute Gasteiger partial charge is 0.393 e. The molecule has 0 heterocycles. The standard InChI is InChI=1S/C14H20FNO.C6H5F/c1-3-5-14(17)8-9-16-11(2)12-6-4-7-13(15)10-12;7-6-4-2-1-3-5-6/h3-4,6-7,10-11,14,16-17H,1,5,8-9H2,2H3;1-5H. The van der Waals surface area contributed by atoms with E-state index in [1.807, 2.05) is 13.0 Å². The van der Waals surface area contributed by atoms with Crippen molar-refractivity contribution in [3.05, 3.63) is 84.5 Å². The first-order chi connectivity index (χ1) is 11.5. The van der Waals surface area contributed by atoms with Crippen molar-refractivity contribution >= 4 is 0 Å². The lowest BCUT2D eigenvalue weighted by atomic mass is 10.1. The van der Waals surface area contributed by atoms with E-state index in [9.17, 15) is 13.9 Å². The van der Waals surface area contributed by atoms with E-state index in [0.29, 0.717) is 19.4 Å². The molecule has 0 saturated heterocycles. The summed E-state index contributed by atoms with van der Waals surface area (Å²) in [5.74, 6) is -0.398. The van der Waals surface area contributed by atoms with E-state index < -0.39 is 0 Å². The molecule has 24 heavy (non-hydrogen) atoms. The predicted molar refractivity (Wildman–Crippen MR) is 94.7 cm³/mol. The van der Waals surface area contributed by atoms with Crippen molar-refractivity contribution in [3.63, 3.8) is 0 Å². The number of nitrogens with one attached hydrogen (secondary N) is 1. The quantitative estimate of drug-likeness (QED) is 0.724. The van der Waals surface area contributed by atoms with Gasteiger partial charge in [-0.05, 0) is 56.1 Å². The fraction of sp³-hybridized carbons (Fsp3) is 0.300. The molecule has 0 spiro atoms. The van der Waals surface area contributed by atoms with E-state index in [4.69, 9.17) is 0 Å². The first-order valence-corrected chi connectivity index (χ1v) is 8.01. The summed E-state index contributed by atoms with van der Waals surface area (Å²) in [4.78, 5) is 0. The summed E-state index contributed by atoms with van der Waals surface area (Å²) in [6.45, 7) is 6.26. The van der Waals surface area contributed by atoms with Crippen molar-refractivity contribution in [2.75, 3.05) is 6.54 Å². The minimum atomic E-state index is -0.347. The highest BCUT2D eigenvalue weighted by molar-refractivity contribution is 5.19. The van der Waals surface area contributed by atoms with Crippen LogP contribution in [-0.2, 0) is 0 Å². The normalized spacial score (nSPS) is 12.7. The lowest BCUT2D eigenvalue weighted by molar-refractivity contribution is 0.166. The number of aliphatic hydroxyl groups is 1. The maximum atomic E-state index is 13.0. The van der Waals surface area contributed by atoms with Gasteiger partial charge in [0.05, 0.1) is 6.10 Å². The first-order valence-electron chi connectivity index (χ1n) is 8.01. The van der Waals surface area contributed by atoms with Crippen molar-refractivity contribution < 1.29 is 13.9 Å². The maximum absolute atomic E-state index is 13.0. The number of aliphatic hydroxyl groups excluding tert-OH is 1. The molecule has 2 N–H and O–H groups in total. The smallest absolute Gasteiger partial charge is 0.123 e. The Morgan fingerprint density at radius 2 is 1.75 bits per heavy atom. The Bertz CT molecular complexity index is 589. The van der Waals surface area contributed by atoms with E-state index in [0.717, 1.165) is 5.56 Å². The Labute approximate surface area is 142 Å². The van der Waals surface area contributed by atoms with E-state index in [2.05, 4.69) is 11.9 Å². The predicted octanol–water partition coefficient (Wildman–Crippen LogP) is 4.63. The molecule has 0 amide bonds. The van der Waals surface area contributed by atoms with Crippen LogP contribution in [0.5, 0.6) is 0 Å². The molecule has 0 aliphatic rings. The zero-order valence-corrected chi connectivity index (χ0v) is 14.0. The molecular formula is C20H25F2NO. The van der Waals surface area contributed by atoms with Crippen LogP contribution in [0, 0.1) is 11.6 Å². The fourth-order valence-electron chi connectivity index (χ4n) is 2.09. The highest BCUT2D eigenvalue weighted by atomic mass is 19.1. The molecule has 0 bridgehead atoms. The van der Waals surface area contributed by atoms with Crippen LogP contribution in [0.15, 0.2) is 67.3 Å². The van der Waals surface area contributed by atoms with E-state index in [1.54, 1.807) is 30.3 Å². The first kappa shape index (κ1) is 20.0. The van der Waals surface area contributed by atoms with Crippen LogP contribution >= 0.6 is 0 Å². The van der Waals surface area contributed by atoms with Gasteiger partial charge in [0, 0.05) is 6.04 Å². The number of hydrogen-bond acceptors (Lipinski definition) is 2. The average molecular weight is 333 g/mol. The van der Waals surface area contributed by atoms with Crippen LogP contribution in [0.25, 0.3) is 0 Å². The van der Waals surface area contributed by atoms with E-state index >= 15 is 0 Å². The molecule has 0 aliphatic heterocycles. The molecular weight excluding hydrogens is 308 g/mol. The topological polar surface area (TPSA) is 32.3 Å². The SMILES string of the molecule is C=CCC(O)CCNC(C)c1cccc(F)c1.Fc1ccccc1. The molecule has 2 aromatic rings. The van der Waals surface area contributed by atoms with Gasteiger partial charge in [-0.25, -0.2) is 8.78 Å². The summed E-state index contributed by atoms with van der Waals surface area (Å²) in [6, 6.07) is 14.6. The third-order valence-electron chi connectivity index (χ3n) is 3.45. The Balaban J connectivity index is 0.000000341. The Morgan fingerprint density at radius 1 is 1.08 bits per heavy atom. The minimum absolute atomic E-state index is 0.0848. The molecule has 2 unspecified atom stereocenters. The van der Waals surface area contributed by atoms with Crippen LogP contribution in [0.4, 0.5) is 8.78 Å². The molecule has 130 valence electrons. The number of rotatable bonds is 7.